The number of aryl methyl sites for hydroxylation is 1. The SMILES string of the molecule is COc1cccc(CNC(=O)N2CCc3c(c(C(=O)N4CCOCC4)nn3C)C2)c1. The molecule has 2 aliphatic rings. The van der Waals surface area contributed by atoms with E-state index in [4.69, 9.17) is 9.47 Å². The molecule has 1 N–H and O–H groups in total. The minimum absolute atomic E-state index is 0.0891. The fourth-order valence-corrected chi connectivity index (χ4v) is 3.93. The standard InChI is InChI=1S/C21H27N5O4/c1-24-18-6-7-26(21(28)22-13-15-4-3-5-16(12-15)29-2)14-17(18)19(23-24)20(27)25-8-10-30-11-9-25/h3-5,12H,6-11,13-14H2,1-2H3,(H,22,28). The number of benzene rings is 1. The number of carbonyl (C=O) groups excluding carboxylic acids is 2. The highest BCUT2D eigenvalue weighted by molar-refractivity contribution is 5.94. The number of rotatable bonds is 4. The molecular weight excluding hydrogens is 386 g/mol. The lowest BCUT2D eigenvalue weighted by Gasteiger charge is -2.29. The van der Waals surface area contributed by atoms with Gasteiger partial charge in [-0.25, -0.2) is 4.79 Å². The average Bonchev–Trinajstić information content (AvgIpc) is 3.13. The van der Waals surface area contributed by atoms with E-state index in [1.807, 2.05) is 31.3 Å². The van der Waals surface area contributed by atoms with Gasteiger partial charge in [0, 0.05) is 50.9 Å². The van der Waals surface area contributed by atoms with Crippen LogP contribution < -0.4 is 10.1 Å². The summed E-state index contributed by atoms with van der Waals surface area (Å²) in [4.78, 5) is 29.3. The summed E-state index contributed by atoms with van der Waals surface area (Å²) in [6.07, 6.45) is 0.668. The van der Waals surface area contributed by atoms with Crippen LogP contribution in [-0.2, 0) is 31.3 Å². The van der Waals surface area contributed by atoms with Gasteiger partial charge in [-0.1, -0.05) is 12.1 Å². The van der Waals surface area contributed by atoms with Gasteiger partial charge < -0.3 is 24.6 Å². The third-order valence-corrected chi connectivity index (χ3v) is 5.61. The highest BCUT2D eigenvalue weighted by Gasteiger charge is 2.31. The Morgan fingerprint density at radius 1 is 1.20 bits per heavy atom. The zero-order valence-corrected chi connectivity index (χ0v) is 17.4. The summed E-state index contributed by atoms with van der Waals surface area (Å²) in [5.41, 5.74) is 3.27. The second-order valence-corrected chi connectivity index (χ2v) is 7.48. The molecule has 0 spiro atoms. The van der Waals surface area contributed by atoms with Crippen LogP contribution in [0.3, 0.4) is 0 Å². The first kappa shape index (κ1) is 20.2. The van der Waals surface area contributed by atoms with Crippen molar-refractivity contribution in [3.8, 4) is 5.75 Å². The lowest BCUT2D eigenvalue weighted by atomic mass is 10.0. The van der Waals surface area contributed by atoms with Gasteiger partial charge in [0.2, 0.25) is 0 Å². The number of methoxy groups -OCH3 is 1. The number of aromatic nitrogens is 2. The van der Waals surface area contributed by atoms with Crippen LogP contribution in [0.15, 0.2) is 24.3 Å². The molecule has 4 rings (SSSR count). The number of nitrogens with zero attached hydrogens (tertiary/aromatic N) is 4. The van der Waals surface area contributed by atoms with E-state index in [2.05, 4.69) is 10.4 Å². The van der Waals surface area contributed by atoms with E-state index in [1.165, 1.54) is 0 Å². The van der Waals surface area contributed by atoms with Gasteiger partial charge in [0.25, 0.3) is 5.91 Å². The molecule has 0 unspecified atom stereocenters. The topological polar surface area (TPSA) is 88.9 Å². The first-order valence-corrected chi connectivity index (χ1v) is 10.1. The largest absolute Gasteiger partial charge is 0.497 e. The van der Waals surface area contributed by atoms with Crippen LogP contribution in [0.1, 0.15) is 27.3 Å². The van der Waals surface area contributed by atoms with E-state index in [-0.39, 0.29) is 11.9 Å². The number of fused-ring (bicyclic) bond motifs is 1. The maximum absolute atomic E-state index is 13.0. The summed E-state index contributed by atoms with van der Waals surface area (Å²) in [6, 6.07) is 7.45. The first-order chi connectivity index (χ1) is 14.6. The molecule has 2 aliphatic heterocycles. The Kier molecular flexibility index (Phi) is 5.89. The number of urea groups is 1. The molecule has 30 heavy (non-hydrogen) atoms. The van der Waals surface area contributed by atoms with Gasteiger partial charge in [-0.05, 0) is 17.7 Å². The maximum Gasteiger partial charge on any atom is 0.317 e. The minimum Gasteiger partial charge on any atom is -0.497 e. The summed E-state index contributed by atoms with van der Waals surface area (Å²) >= 11 is 0. The van der Waals surface area contributed by atoms with Crippen molar-refractivity contribution in [1.82, 2.24) is 24.9 Å². The van der Waals surface area contributed by atoms with Gasteiger partial charge in [0.15, 0.2) is 5.69 Å². The molecule has 1 fully saturated rings. The zero-order chi connectivity index (χ0) is 21.1. The van der Waals surface area contributed by atoms with E-state index in [9.17, 15) is 9.59 Å². The van der Waals surface area contributed by atoms with E-state index in [1.54, 1.807) is 21.6 Å². The van der Waals surface area contributed by atoms with E-state index in [0.29, 0.717) is 58.1 Å². The number of nitrogens with one attached hydrogen (secondary N) is 1. The summed E-state index contributed by atoms with van der Waals surface area (Å²) < 4.78 is 12.3. The quantitative estimate of drug-likeness (QED) is 0.813. The molecule has 2 aromatic rings. The second-order valence-electron chi connectivity index (χ2n) is 7.48. The van der Waals surface area contributed by atoms with Crippen LogP contribution >= 0.6 is 0 Å². The molecule has 9 nitrogen and oxygen atoms in total. The van der Waals surface area contributed by atoms with Crippen molar-refractivity contribution >= 4 is 11.9 Å². The van der Waals surface area contributed by atoms with Crippen LogP contribution in [0.2, 0.25) is 0 Å². The Morgan fingerprint density at radius 2 is 2.00 bits per heavy atom. The van der Waals surface area contributed by atoms with Crippen LogP contribution in [-0.4, -0.2) is 71.5 Å². The van der Waals surface area contributed by atoms with Crippen LogP contribution in [0.25, 0.3) is 0 Å². The van der Waals surface area contributed by atoms with Crippen LogP contribution in [0.4, 0.5) is 4.79 Å². The molecule has 3 heterocycles. The van der Waals surface area contributed by atoms with Crippen molar-refractivity contribution in [1.29, 1.82) is 0 Å². The van der Waals surface area contributed by atoms with Crippen molar-refractivity contribution < 1.29 is 19.1 Å². The second kappa shape index (κ2) is 8.74. The number of ether oxygens (including phenoxy) is 2. The van der Waals surface area contributed by atoms with E-state index in [0.717, 1.165) is 22.6 Å². The summed E-state index contributed by atoms with van der Waals surface area (Å²) in [5.74, 6) is 0.666. The molecule has 1 saturated heterocycles. The Labute approximate surface area is 175 Å². The Morgan fingerprint density at radius 3 is 2.77 bits per heavy atom. The maximum atomic E-state index is 13.0. The average molecular weight is 413 g/mol. The Bertz CT molecular complexity index is 935. The van der Waals surface area contributed by atoms with E-state index >= 15 is 0 Å². The van der Waals surface area contributed by atoms with Gasteiger partial charge in [-0.15, -0.1) is 0 Å². The van der Waals surface area contributed by atoms with Gasteiger partial charge >= 0.3 is 6.03 Å². The normalized spacial score (nSPS) is 16.2. The molecule has 9 heteroatoms. The number of hydrogen-bond acceptors (Lipinski definition) is 5. The predicted octanol–water partition coefficient (Wildman–Crippen LogP) is 1.17. The van der Waals surface area contributed by atoms with Gasteiger partial charge in [-0.2, -0.15) is 5.10 Å². The third-order valence-electron chi connectivity index (χ3n) is 5.61. The molecule has 0 aliphatic carbocycles. The van der Waals surface area contributed by atoms with Crippen molar-refractivity contribution in [2.75, 3.05) is 40.0 Å². The van der Waals surface area contributed by atoms with Crippen LogP contribution in [0, 0.1) is 0 Å². The van der Waals surface area contributed by atoms with Crippen molar-refractivity contribution in [3.63, 3.8) is 0 Å². The van der Waals surface area contributed by atoms with Crippen molar-refractivity contribution in [2.45, 2.75) is 19.5 Å². The van der Waals surface area contributed by atoms with Gasteiger partial charge in [-0.3, -0.25) is 9.48 Å². The summed E-state index contributed by atoms with van der Waals surface area (Å²) in [7, 11) is 3.47. The Balaban J connectivity index is 1.44. The Hall–Kier alpha value is -3.07. The van der Waals surface area contributed by atoms with Crippen molar-refractivity contribution in [3.05, 3.63) is 46.8 Å². The van der Waals surface area contributed by atoms with Gasteiger partial charge in [0.05, 0.1) is 26.9 Å². The molecule has 0 saturated carbocycles. The zero-order valence-electron chi connectivity index (χ0n) is 17.4. The number of morpholine rings is 1. The lowest BCUT2D eigenvalue weighted by molar-refractivity contribution is 0.0297. The molecular formula is C21H27N5O4. The molecule has 0 bridgehead atoms. The highest BCUT2D eigenvalue weighted by atomic mass is 16.5. The lowest BCUT2D eigenvalue weighted by Crippen LogP contribution is -2.44. The molecule has 1 aromatic carbocycles. The molecule has 160 valence electrons. The minimum atomic E-state index is -0.155. The molecule has 3 amide bonds. The number of amides is 3. The van der Waals surface area contributed by atoms with E-state index < -0.39 is 0 Å². The number of hydrogen-bond donors (Lipinski definition) is 1. The first-order valence-electron chi connectivity index (χ1n) is 10.1. The number of carbonyl (C=O) groups is 2. The molecule has 0 atom stereocenters. The monoisotopic (exact) mass is 413 g/mol. The molecule has 1 aromatic heterocycles. The smallest absolute Gasteiger partial charge is 0.317 e. The summed E-state index contributed by atoms with van der Waals surface area (Å²) in [6.45, 7) is 3.58. The van der Waals surface area contributed by atoms with Gasteiger partial charge in [0.1, 0.15) is 5.75 Å². The summed E-state index contributed by atoms with van der Waals surface area (Å²) in [5, 5.41) is 7.45. The third kappa shape index (κ3) is 4.11. The van der Waals surface area contributed by atoms with Crippen LogP contribution in [0.5, 0.6) is 5.75 Å². The highest BCUT2D eigenvalue weighted by Crippen LogP contribution is 2.24. The fourth-order valence-electron chi connectivity index (χ4n) is 3.93. The van der Waals surface area contributed by atoms with Crippen molar-refractivity contribution in [2.24, 2.45) is 7.05 Å². The predicted molar refractivity (Wildman–Crippen MR) is 109 cm³/mol. The fraction of sp³-hybridized carbons (Fsp3) is 0.476. The molecule has 0 radical (unpaired) electrons.